The second kappa shape index (κ2) is 5.06. The van der Waals surface area contributed by atoms with Gasteiger partial charge in [0.15, 0.2) is 0 Å². The van der Waals surface area contributed by atoms with E-state index in [4.69, 9.17) is 0 Å². The number of pyridine rings is 1. The number of nitrogens with zero attached hydrogens (tertiary/aromatic N) is 3. The third kappa shape index (κ3) is 2.08. The molecule has 0 aliphatic heterocycles. The van der Waals surface area contributed by atoms with Crippen LogP contribution >= 0.6 is 0 Å². The number of fused-ring (bicyclic) bond motifs is 1. The van der Waals surface area contributed by atoms with E-state index in [1.54, 1.807) is 6.20 Å². The zero-order valence-corrected chi connectivity index (χ0v) is 11.6. The third-order valence-electron chi connectivity index (χ3n) is 3.50. The molecule has 1 aromatic carbocycles. The molecule has 0 aliphatic rings. The molecule has 2 aromatic heterocycles. The van der Waals surface area contributed by atoms with Crippen molar-refractivity contribution in [2.45, 2.75) is 26.5 Å². The number of aliphatic hydroxyl groups excluding tert-OH is 1. The highest BCUT2D eigenvalue weighted by molar-refractivity contribution is 5.83. The molecule has 0 bridgehead atoms. The van der Waals surface area contributed by atoms with Gasteiger partial charge in [0.05, 0.1) is 5.52 Å². The summed E-state index contributed by atoms with van der Waals surface area (Å²) >= 11 is 0. The van der Waals surface area contributed by atoms with Gasteiger partial charge in [-0.25, -0.2) is 4.98 Å². The molecule has 0 saturated carbocycles. The van der Waals surface area contributed by atoms with E-state index in [0.29, 0.717) is 5.82 Å². The molecule has 0 saturated heterocycles. The molecule has 0 fully saturated rings. The minimum absolute atomic E-state index is 0.670. The first-order valence-corrected chi connectivity index (χ1v) is 6.76. The lowest BCUT2D eigenvalue weighted by Gasteiger charge is -2.15. The summed E-state index contributed by atoms with van der Waals surface area (Å²) in [5, 5.41) is 11.7. The van der Waals surface area contributed by atoms with E-state index in [0.717, 1.165) is 28.7 Å². The first kappa shape index (κ1) is 12.8. The number of hydrogen-bond donors (Lipinski definition) is 1. The van der Waals surface area contributed by atoms with Crippen LogP contribution in [0, 0.1) is 6.92 Å². The molecule has 102 valence electrons. The Bertz CT molecular complexity index is 748. The van der Waals surface area contributed by atoms with E-state index < -0.39 is 6.10 Å². The average molecular weight is 267 g/mol. The minimum atomic E-state index is -0.739. The van der Waals surface area contributed by atoms with Crippen LogP contribution in [-0.2, 0) is 6.54 Å². The number of rotatable bonds is 3. The Labute approximate surface area is 117 Å². The van der Waals surface area contributed by atoms with Crippen molar-refractivity contribution < 1.29 is 5.11 Å². The van der Waals surface area contributed by atoms with Gasteiger partial charge in [0.2, 0.25) is 0 Å². The Morgan fingerprint density at radius 1 is 1.30 bits per heavy atom. The quantitative estimate of drug-likeness (QED) is 0.794. The number of imidazole rings is 1. The van der Waals surface area contributed by atoms with Crippen molar-refractivity contribution in [3.63, 3.8) is 0 Å². The SMILES string of the molecule is CCn1ccnc1C(O)c1cc(C)nc2ccccc12. The topological polar surface area (TPSA) is 50.9 Å². The monoisotopic (exact) mass is 267 g/mol. The largest absolute Gasteiger partial charge is 0.380 e. The van der Waals surface area contributed by atoms with Crippen LogP contribution in [0.4, 0.5) is 0 Å². The molecule has 0 amide bonds. The van der Waals surface area contributed by atoms with E-state index in [-0.39, 0.29) is 0 Å². The van der Waals surface area contributed by atoms with Crippen LogP contribution in [0.5, 0.6) is 0 Å². The van der Waals surface area contributed by atoms with Crippen LogP contribution in [0.2, 0.25) is 0 Å². The second-order valence-corrected chi connectivity index (χ2v) is 4.84. The van der Waals surface area contributed by atoms with E-state index in [1.807, 2.05) is 54.9 Å². The zero-order valence-electron chi connectivity index (χ0n) is 11.6. The molecule has 3 aromatic rings. The van der Waals surface area contributed by atoms with Gasteiger partial charge in [-0.05, 0) is 31.5 Å². The Balaban J connectivity index is 2.18. The molecular formula is C16H17N3O. The van der Waals surface area contributed by atoms with Crippen LogP contribution in [0.3, 0.4) is 0 Å². The fraction of sp³-hybridized carbons (Fsp3) is 0.250. The Hall–Kier alpha value is -2.20. The number of aliphatic hydroxyl groups is 1. The third-order valence-corrected chi connectivity index (χ3v) is 3.50. The maximum absolute atomic E-state index is 10.7. The number of hydrogen-bond acceptors (Lipinski definition) is 3. The first-order chi connectivity index (χ1) is 9.70. The number of aryl methyl sites for hydroxylation is 2. The van der Waals surface area contributed by atoms with Crippen LogP contribution in [0.1, 0.15) is 30.1 Å². The highest BCUT2D eigenvalue weighted by atomic mass is 16.3. The van der Waals surface area contributed by atoms with Gasteiger partial charge in [0, 0.05) is 30.0 Å². The van der Waals surface area contributed by atoms with E-state index in [2.05, 4.69) is 9.97 Å². The molecule has 0 radical (unpaired) electrons. The molecule has 3 rings (SSSR count). The van der Waals surface area contributed by atoms with Crippen LogP contribution in [-0.4, -0.2) is 19.6 Å². The molecule has 0 spiro atoms. The minimum Gasteiger partial charge on any atom is -0.380 e. The molecule has 1 atom stereocenters. The number of para-hydroxylation sites is 1. The summed E-state index contributed by atoms with van der Waals surface area (Å²) in [5.74, 6) is 0.670. The van der Waals surface area contributed by atoms with Crippen LogP contribution in [0.25, 0.3) is 10.9 Å². The summed E-state index contributed by atoms with van der Waals surface area (Å²) in [6.45, 7) is 4.76. The molecule has 20 heavy (non-hydrogen) atoms. The van der Waals surface area contributed by atoms with Crippen molar-refractivity contribution in [1.29, 1.82) is 0 Å². The highest BCUT2D eigenvalue weighted by Crippen LogP contribution is 2.28. The lowest BCUT2D eigenvalue weighted by atomic mass is 10.0. The zero-order chi connectivity index (χ0) is 14.1. The van der Waals surface area contributed by atoms with Crippen molar-refractivity contribution in [2.24, 2.45) is 0 Å². The van der Waals surface area contributed by atoms with E-state index >= 15 is 0 Å². The fourth-order valence-corrected chi connectivity index (χ4v) is 2.54. The predicted octanol–water partition coefficient (Wildman–Crippen LogP) is 2.84. The normalized spacial score (nSPS) is 12.8. The predicted molar refractivity (Wildman–Crippen MR) is 78.4 cm³/mol. The molecule has 2 heterocycles. The van der Waals surface area contributed by atoms with E-state index in [1.165, 1.54) is 0 Å². The smallest absolute Gasteiger partial charge is 0.142 e. The average Bonchev–Trinajstić information content (AvgIpc) is 2.94. The van der Waals surface area contributed by atoms with Gasteiger partial charge in [-0.1, -0.05) is 18.2 Å². The Morgan fingerprint density at radius 3 is 2.90 bits per heavy atom. The molecular weight excluding hydrogens is 250 g/mol. The molecule has 1 N–H and O–H groups in total. The standard InChI is InChI=1S/C16H17N3O/c1-3-19-9-8-17-16(19)15(20)13-10-11(2)18-14-7-5-4-6-12(13)14/h4-10,15,20H,3H2,1-2H3. The van der Waals surface area contributed by atoms with Gasteiger partial charge in [-0.2, -0.15) is 0 Å². The summed E-state index contributed by atoms with van der Waals surface area (Å²) < 4.78 is 1.95. The van der Waals surface area contributed by atoms with Gasteiger partial charge in [0.25, 0.3) is 0 Å². The Morgan fingerprint density at radius 2 is 2.10 bits per heavy atom. The lowest BCUT2D eigenvalue weighted by molar-refractivity contribution is 0.206. The van der Waals surface area contributed by atoms with Crippen molar-refractivity contribution in [3.05, 3.63) is 59.8 Å². The van der Waals surface area contributed by atoms with Crippen molar-refractivity contribution in [3.8, 4) is 0 Å². The van der Waals surface area contributed by atoms with Crippen LogP contribution in [0.15, 0.2) is 42.7 Å². The van der Waals surface area contributed by atoms with Crippen molar-refractivity contribution in [2.75, 3.05) is 0 Å². The second-order valence-electron chi connectivity index (χ2n) is 4.84. The fourth-order valence-electron chi connectivity index (χ4n) is 2.54. The maximum Gasteiger partial charge on any atom is 0.142 e. The maximum atomic E-state index is 10.7. The molecule has 0 aliphatic carbocycles. The highest BCUT2D eigenvalue weighted by Gasteiger charge is 2.18. The van der Waals surface area contributed by atoms with Gasteiger partial charge >= 0.3 is 0 Å². The van der Waals surface area contributed by atoms with Gasteiger partial charge < -0.3 is 9.67 Å². The number of benzene rings is 1. The summed E-state index contributed by atoms with van der Waals surface area (Å²) in [6, 6.07) is 9.80. The van der Waals surface area contributed by atoms with E-state index in [9.17, 15) is 5.11 Å². The number of aromatic nitrogens is 3. The van der Waals surface area contributed by atoms with Gasteiger partial charge in [-0.3, -0.25) is 4.98 Å². The van der Waals surface area contributed by atoms with Crippen molar-refractivity contribution in [1.82, 2.24) is 14.5 Å². The summed E-state index contributed by atoms with van der Waals surface area (Å²) in [6.07, 6.45) is 2.86. The van der Waals surface area contributed by atoms with Gasteiger partial charge in [0.1, 0.15) is 11.9 Å². The van der Waals surface area contributed by atoms with Crippen LogP contribution < -0.4 is 0 Å². The van der Waals surface area contributed by atoms with Crippen molar-refractivity contribution >= 4 is 10.9 Å². The lowest BCUT2D eigenvalue weighted by Crippen LogP contribution is -2.10. The molecule has 1 unspecified atom stereocenters. The summed E-state index contributed by atoms with van der Waals surface area (Å²) in [4.78, 5) is 8.80. The molecule has 4 heteroatoms. The molecule has 4 nitrogen and oxygen atoms in total. The Kier molecular flexibility index (Phi) is 3.24. The summed E-state index contributed by atoms with van der Waals surface area (Å²) in [5.41, 5.74) is 2.65. The van der Waals surface area contributed by atoms with Gasteiger partial charge in [-0.15, -0.1) is 0 Å². The summed E-state index contributed by atoms with van der Waals surface area (Å²) in [7, 11) is 0. The first-order valence-electron chi connectivity index (χ1n) is 6.76.